The summed E-state index contributed by atoms with van der Waals surface area (Å²) in [6.45, 7) is 0. The van der Waals surface area contributed by atoms with Crippen LogP contribution >= 0.6 is 15.9 Å². The minimum Gasteiger partial charge on any atom is -0.481 e. The van der Waals surface area contributed by atoms with E-state index in [9.17, 15) is 4.79 Å². The summed E-state index contributed by atoms with van der Waals surface area (Å²) >= 11 is 3.34. The summed E-state index contributed by atoms with van der Waals surface area (Å²) in [4.78, 5) is 15.0. The monoisotopic (exact) mass is 255 g/mol. The summed E-state index contributed by atoms with van der Waals surface area (Å²) in [5, 5.41) is 9.12. The predicted octanol–water partition coefficient (Wildman–Crippen LogP) is 2.42. The molecule has 0 spiro atoms. The molecule has 0 amide bonds. The zero-order chi connectivity index (χ0) is 10.1. The number of rotatable bonds is 3. The highest BCUT2D eigenvalue weighted by Crippen LogP contribution is 2.44. The highest BCUT2D eigenvalue weighted by molar-refractivity contribution is 9.10. The van der Waals surface area contributed by atoms with Gasteiger partial charge < -0.3 is 5.11 Å². The Bertz CT molecular complexity index is 363. The highest BCUT2D eigenvalue weighted by atomic mass is 79.9. The molecule has 1 unspecified atom stereocenters. The maximum absolute atomic E-state index is 11.1. The molecule has 1 atom stereocenters. The number of hydrogen-bond acceptors (Lipinski definition) is 2. The third kappa shape index (κ3) is 1.80. The molecule has 1 aliphatic carbocycles. The Morgan fingerprint density at radius 2 is 2.36 bits per heavy atom. The minimum atomic E-state index is -0.737. The first-order valence-corrected chi connectivity index (χ1v) is 5.31. The Labute approximate surface area is 90.3 Å². The molecule has 4 heteroatoms. The molecule has 2 rings (SSSR count). The number of halogens is 1. The highest BCUT2D eigenvalue weighted by Gasteiger charge is 2.38. The van der Waals surface area contributed by atoms with Gasteiger partial charge in [0.15, 0.2) is 0 Å². The van der Waals surface area contributed by atoms with Crippen molar-refractivity contribution in [3.8, 4) is 0 Å². The molecule has 0 bridgehead atoms. The van der Waals surface area contributed by atoms with Gasteiger partial charge in [0.25, 0.3) is 0 Å². The van der Waals surface area contributed by atoms with Gasteiger partial charge in [0.2, 0.25) is 0 Å². The maximum atomic E-state index is 11.1. The Balaban J connectivity index is 2.35. The van der Waals surface area contributed by atoms with Gasteiger partial charge in [-0.1, -0.05) is 0 Å². The molecule has 0 aromatic carbocycles. The van der Waals surface area contributed by atoms with E-state index in [0.717, 1.165) is 22.9 Å². The van der Waals surface area contributed by atoms with Gasteiger partial charge >= 0.3 is 5.97 Å². The summed E-state index contributed by atoms with van der Waals surface area (Å²) in [5.74, 6) is -0.794. The van der Waals surface area contributed by atoms with Crippen molar-refractivity contribution >= 4 is 21.9 Å². The van der Waals surface area contributed by atoms with Gasteiger partial charge in [0, 0.05) is 16.9 Å². The van der Waals surface area contributed by atoms with E-state index in [1.54, 1.807) is 18.5 Å². The van der Waals surface area contributed by atoms with Crippen molar-refractivity contribution in [2.24, 2.45) is 5.92 Å². The fourth-order valence-corrected chi connectivity index (χ4v) is 2.15. The van der Waals surface area contributed by atoms with Crippen LogP contribution in [0.2, 0.25) is 0 Å². The molecule has 1 aromatic rings. The number of nitrogens with zero attached hydrogens (tertiary/aromatic N) is 1. The van der Waals surface area contributed by atoms with Crippen LogP contribution in [0.25, 0.3) is 0 Å². The number of aliphatic carboxylic acids is 1. The van der Waals surface area contributed by atoms with Crippen LogP contribution in [0, 0.1) is 5.92 Å². The van der Waals surface area contributed by atoms with Crippen molar-refractivity contribution in [2.75, 3.05) is 0 Å². The number of aromatic nitrogens is 1. The normalized spacial score (nSPS) is 17.8. The molecule has 1 aliphatic rings. The second kappa shape index (κ2) is 3.69. The lowest BCUT2D eigenvalue weighted by molar-refractivity contribution is -0.139. The van der Waals surface area contributed by atoms with Gasteiger partial charge in [0.05, 0.1) is 5.92 Å². The molecular weight excluding hydrogens is 246 g/mol. The van der Waals surface area contributed by atoms with E-state index < -0.39 is 5.97 Å². The van der Waals surface area contributed by atoms with Crippen LogP contribution in [0.5, 0.6) is 0 Å². The van der Waals surface area contributed by atoms with E-state index in [-0.39, 0.29) is 5.92 Å². The summed E-state index contributed by atoms with van der Waals surface area (Å²) in [6.07, 6.45) is 5.32. The largest absolute Gasteiger partial charge is 0.481 e. The van der Waals surface area contributed by atoms with Crippen LogP contribution < -0.4 is 0 Å². The number of hydrogen-bond donors (Lipinski definition) is 1. The first kappa shape index (κ1) is 9.65. The third-order valence-corrected chi connectivity index (χ3v) is 3.16. The Morgan fingerprint density at radius 3 is 2.86 bits per heavy atom. The van der Waals surface area contributed by atoms with Crippen molar-refractivity contribution < 1.29 is 9.90 Å². The van der Waals surface area contributed by atoms with Crippen LogP contribution in [0.15, 0.2) is 22.9 Å². The molecule has 0 radical (unpaired) electrons. The smallest absolute Gasteiger partial charge is 0.311 e. The second-order valence-electron chi connectivity index (χ2n) is 3.55. The zero-order valence-electron chi connectivity index (χ0n) is 7.48. The van der Waals surface area contributed by atoms with Crippen LogP contribution in [0.1, 0.15) is 24.3 Å². The first-order chi connectivity index (χ1) is 6.70. The lowest BCUT2D eigenvalue weighted by Gasteiger charge is -2.12. The Hall–Kier alpha value is -0.900. The van der Waals surface area contributed by atoms with Gasteiger partial charge in [-0.3, -0.25) is 9.78 Å². The van der Waals surface area contributed by atoms with Crippen molar-refractivity contribution in [1.29, 1.82) is 0 Å². The predicted molar refractivity (Wildman–Crippen MR) is 55.0 cm³/mol. The van der Waals surface area contributed by atoms with Crippen molar-refractivity contribution in [1.82, 2.24) is 4.98 Å². The quantitative estimate of drug-likeness (QED) is 0.903. The third-order valence-electron chi connectivity index (χ3n) is 2.50. The number of carbonyl (C=O) groups is 1. The second-order valence-corrected chi connectivity index (χ2v) is 4.40. The molecular formula is C10H10BrNO2. The van der Waals surface area contributed by atoms with Crippen LogP contribution in [0.3, 0.4) is 0 Å². The number of pyridine rings is 1. The molecule has 1 saturated carbocycles. The fourth-order valence-electron chi connectivity index (χ4n) is 1.66. The molecule has 0 saturated heterocycles. The molecule has 0 aliphatic heterocycles. The van der Waals surface area contributed by atoms with Gasteiger partial charge in [-0.25, -0.2) is 0 Å². The summed E-state index contributed by atoms with van der Waals surface area (Å²) in [5.41, 5.74) is 0.843. The standard InChI is InChI=1S/C10H10BrNO2/c11-8-5-12-4-3-7(8)9(10(13)14)6-1-2-6/h3-6,9H,1-2H2,(H,13,14). The first-order valence-electron chi connectivity index (χ1n) is 4.52. The Morgan fingerprint density at radius 1 is 1.64 bits per heavy atom. The lowest BCUT2D eigenvalue weighted by atomic mass is 9.95. The van der Waals surface area contributed by atoms with E-state index in [0.29, 0.717) is 5.92 Å². The average Bonchev–Trinajstić information content (AvgIpc) is 2.92. The van der Waals surface area contributed by atoms with E-state index in [2.05, 4.69) is 20.9 Å². The molecule has 3 nitrogen and oxygen atoms in total. The summed E-state index contributed by atoms with van der Waals surface area (Å²) < 4.78 is 0.791. The lowest BCUT2D eigenvalue weighted by Crippen LogP contribution is -2.14. The fraction of sp³-hybridized carbons (Fsp3) is 0.400. The summed E-state index contributed by atoms with van der Waals surface area (Å²) in [6, 6.07) is 1.78. The van der Waals surface area contributed by atoms with Gasteiger partial charge in [-0.2, -0.15) is 0 Å². The molecule has 1 heterocycles. The number of carboxylic acid groups (broad SMARTS) is 1. The average molecular weight is 256 g/mol. The van der Waals surface area contributed by atoms with Crippen molar-refractivity contribution in [3.63, 3.8) is 0 Å². The molecule has 74 valence electrons. The zero-order valence-corrected chi connectivity index (χ0v) is 9.07. The Kier molecular flexibility index (Phi) is 2.54. The van der Waals surface area contributed by atoms with Crippen LogP contribution in [0.4, 0.5) is 0 Å². The molecule has 1 fully saturated rings. The molecule has 1 N–H and O–H groups in total. The van der Waals surface area contributed by atoms with Gasteiger partial charge in [0.1, 0.15) is 0 Å². The summed E-state index contributed by atoms with van der Waals surface area (Å²) in [7, 11) is 0. The SMILES string of the molecule is O=C(O)C(c1ccncc1Br)C1CC1. The van der Waals surface area contributed by atoms with Crippen LogP contribution in [-0.2, 0) is 4.79 Å². The van der Waals surface area contributed by atoms with Gasteiger partial charge in [-0.05, 0) is 46.3 Å². The topological polar surface area (TPSA) is 50.2 Å². The minimum absolute atomic E-state index is 0.311. The van der Waals surface area contributed by atoms with Crippen molar-refractivity contribution in [2.45, 2.75) is 18.8 Å². The molecule has 1 aromatic heterocycles. The van der Waals surface area contributed by atoms with Gasteiger partial charge in [-0.15, -0.1) is 0 Å². The van der Waals surface area contributed by atoms with E-state index in [4.69, 9.17) is 5.11 Å². The van der Waals surface area contributed by atoms with E-state index >= 15 is 0 Å². The van der Waals surface area contributed by atoms with Crippen LogP contribution in [-0.4, -0.2) is 16.1 Å². The number of carboxylic acids is 1. The van der Waals surface area contributed by atoms with E-state index in [1.165, 1.54) is 0 Å². The van der Waals surface area contributed by atoms with Crippen molar-refractivity contribution in [3.05, 3.63) is 28.5 Å². The maximum Gasteiger partial charge on any atom is 0.311 e. The molecule has 14 heavy (non-hydrogen) atoms. The van der Waals surface area contributed by atoms with E-state index in [1.807, 2.05) is 0 Å².